The average Bonchev–Trinajstić information content (AvgIpc) is 2.46. The maximum atomic E-state index is 12.3. The van der Waals surface area contributed by atoms with Crippen LogP contribution >= 0.6 is 23.2 Å². The van der Waals surface area contributed by atoms with Crippen LogP contribution in [0.2, 0.25) is 10.0 Å². The molecule has 0 radical (unpaired) electrons. The molecule has 7 heteroatoms. The van der Waals surface area contributed by atoms with Crippen molar-refractivity contribution in [3.8, 4) is 0 Å². The third-order valence-electron chi connectivity index (χ3n) is 3.14. The van der Waals surface area contributed by atoms with Gasteiger partial charge in [-0.3, -0.25) is 9.59 Å². The molecule has 3 N–H and O–H groups in total. The van der Waals surface area contributed by atoms with Crippen LogP contribution in [0.15, 0.2) is 18.2 Å². The highest BCUT2D eigenvalue weighted by molar-refractivity contribution is 6.36. The van der Waals surface area contributed by atoms with Gasteiger partial charge in [0.2, 0.25) is 5.91 Å². The lowest BCUT2D eigenvalue weighted by atomic mass is 10.0. The van der Waals surface area contributed by atoms with E-state index in [1.807, 2.05) is 13.8 Å². The number of halogens is 2. The molecular weight excluding hydrogens is 339 g/mol. The third-order valence-corrected chi connectivity index (χ3v) is 3.69. The van der Waals surface area contributed by atoms with E-state index < -0.39 is 11.9 Å². The lowest BCUT2D eigenvalue weighted by Crippen LogP contribution is -2.47. The molecule has 2 amide bonds. The van der Waals surface area contributed by atoms with Gasteiger partial charge in [-0.25, -0.2) is 0 Å². The summed E-state index contributed by atoms with van der Waals surface area (Å²) in [5.74, 6) is -0.468. The number of benzene rings is 1. The molecule has 0 spiro atoms. The minimum absolute atomic E-state index is 0.00185. The lowest BCUT2D eigenvalue weighted by Gasteiger charge is -2.20. The zero-order valence-electron chi connectivity index (χ0n) is 13.2. The minimum atomic E-state index is -0.659. The van der Waals surface area contributed by atoms with Crippen molar-refractivity contribution in [1.82, 2.24) is 10.6 Å². The number of hydrogen-bond acceptors (Lipinski definition) is 3. The fourth-order valence-electron chi connectivity index (χ4n) is 2.03. The van der Waals surface area contributed by atoms with E-state index >= 15 is 0 Å². The van der Waals surface area contributed by atoms with Crippen molar-refractivity contribution in [3.63, 3.8) is 0 Å². The zero-order valence-corrected chi connectivity index (χ0v) is 14.7. The van der Waals surface area contributed by atoms with Gasteiger partial charge < -0.3 is 15.7 Å². The van der Waals surface area contributed by atoms with Gasteiger partial charge in [-0.05, 0) is 37.0 Å². The van der Waals surface area contributed by atoms with E-state index in [-0.39, 0.29) is 29.0 Å². The largest absolute Gasteiger partial charge is 0.396 e. The summed E-state index contributed by atoms with van der Waals surface area (Å²) in [5.41, 5.74) is 0.271. The summed E-state index contributed by atoms with van der Waals surface area (Å²) >= 11 is 11.8. The van der Waals surface area contributed by atoms with Crippen molar-refractivity contribution in [2.24, 2.45) is 5.92 Å². The van der Waals surface area contributed by atoms with E-state index in [1.165, 1.54) is 12.1 Å². The van der Waals surface area contributed by atoms with Crippen LogP contribution in [0.3, 0.4) is 0 Å². The smallest absolute Gasteiger partial charge is 0.253 e. The van der Waals surface area contributed by atoms with Crippen LogP contribution in [0.1, 0.15) is 37.0 Å². The SMILES string of the molecule is CC(C)C[C@@H](NC(=O)c1ccc(Cl)cc1Cl)C(=O)NCCCO. The van der Waals surface area contributed by atoms with Crippen molar-refractivity contribution < 1.29 is 14.7 Å². The summed E-state index contributed by atoms with van der Waals surface area (Å²) in [6.45, 7) is 4.30. The number of nitrogens with one attached hydrogen (secondary N) is 2. The second kappa shape index (κ2) is 9.75. The predicted molar refractivity (Wildman–Crippen MR) is 91.9 cm³/mol. The normalized spacial score (nSPS) is 12.1. The highest BCUT2D eigenvalue weighted by Gasteiger charge is 2.23. The number of hydrogen-bond donors (Lipinski definition) is 3. The summed E-state index contributed by atoms with van der Waals surface area (Å²) in [6.07, 6.45) is 0.971. The third kappa shape index (κ3) is 6.77. The quantitative estimate of drug-likeness (QED) is 0.623. The Bertz CT molecular complexity index is 550. The molecule has 0 aliphatic rings. The maximum absolute atomic E-state index is 12.3. The Morgan fingerprint density at radius 3 is 2.52 bits per heavy atom. The molecule has 0 aliphatic carbocycles. The van der Waals surface area contributed by atoms with Crippen molar-refractivity contribution >= 4 is 35.0 Å². The molecule has 0 aliphatic heterocycles. The number of aliphatic hydroxyl groups is 1. The molecule has 1 rings (SSSR count). The summed E-state index contributed by atoms with van der Waals surface area (Å²) in [4.78, 5) is 24.5. The first kappa shape index (κ1) is 19.7. The van der Waals surface area contributed by atoms with Crippen LogP contribution in [0.4, 0.5) is 0 Å². The van der Waals surface area contributed by atoms with E-state index in [2.05, 4.69) is 10.6 Å². The highest BCUT2D eigenvalue weighted by Crippen LogP contribution is 2.21. The van der Waals surface area contributed by atoms with E-state index in [0.717, 1.165) is 0 Å². The maximum Gasteiger partial charge on any atom is 0.253 e. The Hall–Kier alpha value is -1.30. The first-order valence-electron chi connectivity index (χ1n) is 7.49. The summed E-state index contributed by atoms with van der Waals surface area (Å²) in [5, 5.41) is 14.8. The fraction of sp³-hybridized carbons (Fsp3) is 0.500. The molecule has 0 heterocycles. The average molecular weight is 361 g/mol. The Kier molecular flexibility index (Phi) is 8.37. The predicted octanol–water partition coefficient (Wildman–Crippen LogP) is 2.64. The van der Waals surface area contributed by atoms with Gasteiger partial charge >= 0.3 is 0 Å². The van der Waals surface area contributed by atoms with Crippen molar-refractivity contribution in [2.75, 3.05) is 13.2 Å². The number of aliphatic hydroxyl groups excluding tert-OH is 1. The second-order valence-electron chi connectivity index (χ2n) is 5.65. The minimum Gasteiger partial charge on any atom is -0.396 e. The molecule has 1 aromatic rings. The van der Waals surface area contributed by atoms with Gasteiger partial charge in [0.05, 0.1) is 10.6 Å². The van der Waals surface area contributed by atoms with Crippen LogP contribution in [0.5, 0.6) is 0 Å². The second-order valence-corrected chi connectivity index (χ2v) is 6.49. The topological polar surface area (TPSA) is 78.4 Å². The molecular formula is C16H22Cl2N2O3. The highest BCUT2D eigenvalue weighted by atomic mass is 35.5. The lowest BCUT2D eigenvalue weighted by molar-refractivity contribution is -0.123. The number of amides is 2. The van der Waals surface area contributed by atoms with Crippen LogP contribution < -0.4 is 10.6 Å². The van der Waals surface area contributed by atoms with Crippen LogP contribution in [-0.4, -0.2) is 36.1 Å². The Morgan fingerprint density at radius 1 is 1.26 bits per heavy atom. The Labute approximate surface area is 146 Å². The molecule has 0 aromatic heterocycles. The van der Waals surface area contributed by atoms with E-state index in [4.69, 9.17) is 28.3 Å². The first-order chi connectivity index (χ1) is 10.8. The van der Waals surface area contributed by atoms with Crippen LogP contribution in [-0.2, 0) is 4.79 Å². The molecule has 0 fully saturated rings. The molecule has 5 nitrogen and oxygen atoms in total. The number of carbonyl (C=O) groups is 2. The summed E-state index contributed by atoms with van der Waals surface area (Å²) in [7, 11) is 0. The van der Waals surface area contributed by atoms with Crippen molar-refractivity contribution in [1.29, 1.82) is 0 Å². The van der Waals surface area contributed by atoms with Gasteiger partial charge in [-0.1, -0.05) is 37.0 Å². The molecule has 1 aromatic carbocycles. The van der Waals surface area contributed by atoms with Crippen LogP contribution in [0.25, 0.3) is 0 Å². The van der Waals surface area contributed by atoms with Gasteiger partial charge in [0.25, 0.3) is 5.91 Å². The molecule has 1 atom stereocenters. The summed E-state index contributed by atoms with van der Waals surface area (Å²) in [6, 6.07) is 3.92. The molecule has 0 saturated carbocycles. The van der Waals surface area contributed by atoms with Crippen molar-refractivity contribution in [3.05, 3.63) is 33.8 Å². The molecule has 128 valence electrons. The van der Waals surface area contributed by atoms with Gasteiger partial charge in [-0.2, -0.15) is 0 Å². The summed E-state index contributed by atoms with van der Waals surface area (Å²) < 4.78 is 0. The molecule has 0 bridgehead atoms. The molecule has 0 unspecified atom stereocenters. The monoisotopic (exact) mass is 360 g/mol. The van der Waals surface area contributed by atoms with Gasteiger partial charge in [0, 0.05) is 18.2 Å². The van der Waals surface area contributed by atoms with E-state index in [0.29, 0.717) is 24.4 Å². The molecule has 23 heavy (non-hydrogen) atoms. The Balaban J connectivity index is 2.79. The Morgan fingerprint density at radius 2 is 1.96 bits per heavy atom. The number of carbonyl (C=O) groups excluding carboxylic acids is 2. The van der Waals surface area contributed by atoms with Gasteiger partial charge in [-0.15, -0.1) is 0 Å². The van der Waals surface area contributed by atoms with Crippen molar-refractivity contribution in [2.45, 2.75) is 32.7 Å². The van der Waals surface area contributed by atoms with Gasteiger partial charge in [0.15, 0.2) is 0 Å². The number of rotatable bonds is 8. The van der Waals surface area contributed by atoms with Crippen LogP contribution in [0, 0.1) is 5.92 Å². The fourth-order valence-corrected chi connectivity index (χ4v) is 2.52. The van der Waals surface area contributed by atoms with E-state index in [9.17, 15) is 9.59 Å². The van der Waals surface area contributed by atoms with E-state index in [1.54, 1.807) is 6.07 Å². The van der Waals surface area contributed by atoms with Gasteiger partial charge in [0.1, 0.15) is 6.04 Å². The first-order valence-corrected chi connectivity index (χ1v) is 8.25. The molecule has 0 saturated heterocycles. The standard InChI is InChI=1S/C16H22Cl2N2O3/c1-10(2)8-14(16(23)19-6-3-7-21)20-15(22)12-5-4-11(17)9-13(12)18/h4-5,9-10,14,21H,3,6-8H2,1-2H3,(H,19,23)(H,20,22)/t14-/m1/s1. The zero-order chi connectivity index (χ0) is 17.4.